The van der Waals surface area contributed by atoms with Gasteiger partial charge in [0.25, 0.3) is 0 Å². The van der Waals surface area contributed by atoms with Gasteiger partial charge in [0.05, 0.1) is 12.1 Å². The Morgan fingerprint density at radius 3 is 3.00 bits per heavy atom. The first-order chi connectivity index (χ1) is 6.16. The van der Waals surface area contributed by atoms with Crippen molar-refractivity contribution >= 4 is 5.78 Å². The van der Waals surface area contributed by atoms with Gasteiger partial charge in [0, 0.05) is 19.2 Å². The van der Waals surface area contributed by atoms with Crippen LogP contribution in [0, 0.1) is 0 Å². The number of hydrogen-bond donors (Lipinski definition) is 0. The van der Waals surface area contributed by atoms with Crippen molar-refractivity contribution in [1.82, 2.24) is 9.55 Å². The largest absolute Gasteiger partial charge is 0.334 e. The molecule has 0 radical (unpaired) electrons. The van der Waals surface area contributed by atoms with Gasteiger partial charge in [-0.1, -0.05) is 13.8 Å². The molecular formula is C10H14N2O. The summed E-state index contributed by atoms with van der Waals surface area (Å²) in [6.45, 7) is 5.06. The van der Waals surface area contributed by atoms with Crippen LogP contribution in [0.1, 0.15) is 37.7 Å². The van der Waals surface area contributed by atoms with Gasteiger partial charge in [0.15, 0.2) is 0 Å². The molecule has 0 aromatic carbocycles. The van der Waals surface area contributed by atoms with E-state index in [1.807, 2.05) is 0 Å². The van der Waals surface area contributed by atoms with Crippen LogP contribution in [-0.4, -0.2) is 15.3 Å². The second kappa shape index (κ2) is 2.98. The molecule has 2 heterocycles. The molecule has 13 heavy (non-hydrogen) atoms. The first-order valence-electron chi connectivity index (χ1n) is 4.74. The molecule has 0 fully saturated rings. The Balaban J connectivity index is 2.33. The smallest absolute Gasteiger partial charge is 0.142 e. The third-order valence-corrected chi connectivity index (χ3v) is 2.46. The van der Waals surface area contributed by atoms with E-state index >= 15 is 0 Å². The van der Waals surface area contributed by atoms with Gasteiger partial charge in [0.2, 0.25) is 0 Å². The van der Waals surface area contributed by atoms with Crippen LogP contribution in [0.2, 0.25) is 0 Å². The summed E-state index contributed by atoms with van der Waals surface area (Å²) in [6.07, 6.45) is 3.26. The van der Waals surface area contributed by atoms with E-state index in [1.54, 1.807) is 0 Å². The molecule has 1 aliphatic heterocycles. The molecule has 0 aliphatic carbocycles. The number of rotatable bonds is 1. The first-order valence-corrected chi connectivity index (χ1v) is 4.74. The number of carbonyl (C=O) groups excluding carboxylic acids is 1. The van der Waals surface area contributed by atoms with Gasteiger partial charge >= 0.3 is 0 Å². The van der Waals surface area contributed by atoms with Crippen molar-refractivity contribution in [3.63, 3.8) is 0 Å². The number of imidazole rings is 1. The zero-order chi connectivity index (χ0) is 9.42. The number of ketones is 1. The van der Waals surface area contributed by atoms with Crippen LogP contribution in [0.25, 0.3) is 0 Å². The molecule has 0 saturated heterocycles. The maximum Gasteiger partial charge on any atom is 0.142 e. The summed E-state index contributed by atoms with van der Waals surface area (Å²) in [5.41, 5.74) is 1.10. The quantitative estimate of drug-likeness (QED) is 0.653. The van der Waals surface area contributed by atoms with Crippen molar-refractivity contribution in [2.24, 2.45) is 0 Å². The van der Waals surface area contributed by atoms with Crippen LogP contribution in [-0.2, 0) is 17.8 Å². The lowest BCUT2D eigenvalue weighted by atomic mass is 10.1. The molecule has 0 saturated carbocycles. The topological polar surface area (TPSA) is 34.9 Å². The first kappa shape index (κ1) is 8.48. The standard InChI is InChI=1S/C10H14N2O/c1-7(2)9-6-12-4-3-8(13)5-10(12)11-9/h6-7H,3-5H2,1-2H3. The Hall–Kier alpha value is -1.12. The van der Waals surface area contributed by atoms with Crippen LogP contribution in [0.5, 0.6) is 0 Å². The lowest BCUT2D eigenvalue weighted by molar-refractivity contribution is -0.119. The monoisotopic (exact) mass is 178 g/mol. The molecule has 1 aromatic rings. The predicted octanol–water partition coefficient (Wildman–Crippen LogP) is 1.52. The number of Topliss-reactive ketones (excluding diaryl/α,β-unsaturated/α-hetero) is 1. The summed E-state index contributed by atoms with van der Waals surface area (Å²) < 4.78 is 2.11. The van der Waals surface area contributed by atoms with Gasteiger partial charge in [0.1, 0.15) is 11.6 Å². The van der Waals surface area contributed by atoms with Gasteiger partial charge < -0.3 is 4.57 Å². The van der Waals surface area contributed by atoms with Crippen molar-refractivity contribution in [3.05, 3.63) is 17.7 Å². The van der Waals surface area contributed by atoms with E-state index in [0.717, 1.165) is 18.1 Å². The Bertz CT molecular complexity index is 339. The molecule has 1 aromatic heterocycles. The van der Waals surface area contributed by atoms with Crippen LogP contribution in [0.3, 0.4) is 0 Å². The fraction of sp³-hybridized carbons (Fsp3) is 0.600. The predicted molar refractivity (Wildman–Crippen MR) is 49.6 cm³/mol. The van der Waals surface area contributed by atoms with Gasteiger partial charge in [-0.05, 0) is 5.92 Å². The minimum atomic E-state index is 0.313. The van der Waals surface area contributed by atoms with E-state index in [2.05, 4.69) is 29.6 Å². The van der Waals surface area contributed by atoms with Gasteiger partial charge in [-0.25, -0.2) is 4.98 Å². The zero-order valence-corrected chi connectivity index (χ0v) is 8.08. The minimum absolute atomic E-state index is 0.313. The van der Waals surface area contributed by atoms with E-state index in [0.29, 0.717) is 24.5 Å². The van der Waals surface area contributed by atoms with Crippen molar-refractivity contribution in [2.45, 2.75) is 39.2 Å². The second-order valence-electron chi connectivity index (χ2n) is 3.90. The maximum atomic E-state index is 11.2. The Labute approximate surface area is 77.8 Å². The highest BCUT2D eigenvalue weighted by atomic mass is 16.1. The van der Waals surface area contributed by atoms with Crippen LogP contribution >= 0.6 is 0 Å². The van der Waals surface area contributed by atoms with Crippen LogP contribution in [0.4, 0.5) is 0 Å². The molecule has 3 nitrogen and oxygen atoms in total. The molecule has 0 unspecified atom stereocenters. The number of aryl methyl sites for hydroxylation is 1. The third kappa shape index (κ3) is 1.50. The lowest BCUT2D eigenvalue weighted by Gasteiger charge is -2.11. The number of aromatic nitrogens is 2. The average Bonchev–Trinajstić information content (AvgIpc) is 2.46. The molecule has 0 spiro atoms. The van der Waals surface area contributed by atoms with E-state index in [1.165, 1.54) is 0 Å². The fourth-order valence-electron chi connectivity index (χ4n) is 1.60. The van der Waals surface area contributed by atoms with E-state index in [9.17, 15) is 4.79 Å². The normalized spacial score (nSPS) is 16.4. The van der Waals surface area contributed by atoms with Crippen molar-refractivity contribution < 1.29 is 4.79 Å². The molecule has 70 valence electrons. The SMILES string of the molecule is CC(C)c1cn2c(n1)CC(=O)CC2. The molecule has 2 rings (SSSR count). The summed E-state index contributed by atoms with van der Waals surface area (Å²) in [6, 6.07) is 0. The highest BCUT2D eigenvalue weighted by Gasteiger charge is 2.18. The third-order valence-electron chi connectivity index (χ3n) is 2.46. The van der Waals surface area contributed by atoms with Gasteiger partial charge in [-0.3, -0.25) is 4.79 Å². The summed E-state index contributed by atoms with van der Waals surface area (Å²) in [5.74, 6) is 1.71. The minimum Gasteiger partial charge on any atom is -0.334 e. The lowest BCUT2D eigenvalue weighted by Crippen LogP contribution is -2.18. The zero-order valence-electron chi connectivity index (χ0n) is 8.08. The fourth-order valence-corrected chi connectivity index (χ4v) is 1.60. The van der Waals surface area contributed by atoms with E-state index < -0.39 is 0 Å². The van der Waals surface area contributed by atoms with Gasteiger partial charge in [-0.15, -0.1) is 0 Å². The Morgan fingerprint density at radius 2 is 2.31 bits per heavy atom. The molecular weight excluding hydrogens is 164 g/mol. The van der Waals surface area contributed by atoms with Gasteiger partial charge in [-0.2, -0.15) is 0 Å². The van der Waals surface area contributed by atoms with Crippen molar-refractivity contribution in [1.29, 1.82) is 0 Å². The van der Waals surface area contributed by atoms with Crippen molar-refractivity contribution in [3.8, 4) is 0 Å². The van der Waals surface area contributed by atoms with Crippen LogP contribution in [0.15, 0.2) is 6.20 Å². The number of hydrogen-bond acceptors (Lipinski definition) is 2. The number of nitrogens with zero attached hydrogens (tertiary/aromatic N) is 2. The second-order valence-corrected chi connectivity index (χ2v) is 3.90. The highest BCUT2D eigenvalue weighted by Crippen LogP contribution is 2.17. The van der Waals surface area contributed by atoms with E-state index in [-0.39, 0.29) is 0 Å². The van der Waals surface area contributed by atoms with E-state index in [4.69, 9.17) is 0 Å². The Kier molecular flexibility index (Phi) is 1.94. The average molecular weight is 178 g/mol. The summed E-state index contributed by atoms with van der Waals surface area (Å²) in [7, 11) is 0. The molecule has 0 N–H and O–H groups in total. The molecule has 0 amide bonds. The number of fused-ring (bicyclic) bond motifs is 1. The molecule has 0 atom stereocenters. The summed E-state index contributed by atoms with van der Waals surface area (Å²) in [4.78, 5) is 15.6. The number of carbonyl (C=O) groups is 1. The molecule has 0 bridgehead atoms. The maximum absolute atomic E-state index is 11.2. The molecule has 3 heteroatoms. The summed E-state index contributed by atoms with van der Waals surface area (Å²) in [5, 5.41) is 0. The van der Waals surface area contributed by atoms with Crippen LogP contribution < -0.4 is 0 Å². The highest BCUT2D eigenvalue weighted by molar-refractivity contribution is 5.80. The Morgan fingerprint density at radius 1 is 1.54 bits per heavy atom. The molecule has 1 aliphatic rings. The summed E-state index contributed by atoms with van der Waals surface area (Å²) >= 11 is 0. The van der Waals surface area contributed by atoms with Crippen molar-refractivity contribution in [2.75, 3.05) is 0 Å².